The summed E-state index contributed by atoms with van der Waals surface area (Å²) in [5.41, 5.74) is 2.98. The third-order valence-corrected chi connectivity index (χ3v) is 5.39. The van der Waals surface area contributed by atoms with E-state index >= 15 is 0 Å². The fourth-order valence-corrected chi connectivity index (χ4v) is 3.45. The lowest BCUT2D eigenvalue weighted by Crippen LogP contribution is -2.37. The Bertz CT molecular complexity index is 1280. The van der Waals surface area contributed by atoms with E-state index in [1.807, 2.05) is 86.6 Å². The largest absolute Gasteiger partial charge is 0.322 e. The molecule has 0 aliphatic carbocycles. The lowest BCUT2D eigenvalue weighted by atomic mass is 10.2. The minimum absolute atomic E-state index is 0.161. The molecule has 0 bridgehead atoms. The van der Waals surface area contributed by atoms with Gasteiger partial charge in [0.2, 0.25) is 0 Å². The van der Waals surface area contributed by atoms with Crippen LogP contribution in [-0.4, -0.2) is 27.5 Å². The fourth-order valence-electron chi connectivity index (χ4n) is 3.45. The molecular weight excluding hydrogens is 388 g/mol. The molecule has 1 atom stereocenters. The number of fused-ring (bicyclic) bond motifs is 1. The van der Waals surface area contributed by atoms with E-state index in [1.54, 1.807) is 22.6 Å². The Kier molecular flexibility index (Phi) is 5.54. The topological polar surface area (TPSA) is 67.2 Å². The van der Waals surface area contributed by atoms with Crippen LogP contribution in [0.5, 0.6) is 0 Å². The number of hydrogen-bond acceptors (Lipinski definition) is 3. The first-order valence-electron chi connectivity index (χ1n) is 10.1. The van der Waals surface area contributed by atoms with Gasteiger partial charge in [0, 0.05) is 12.7 Å². The number of aryl methyl sites for hydroxylation is 1. The Morgan fingerprint density at radius 3 is 2.32 bits per heavy atom. The van der Waals surface area contributed by atoms with Crippen LogP contribution in [0.25, 0.3) is 16.6 Å². The first-order chi connectivity index (χ1) is 15.0. The fraction of sp³-hybridized carbons (Fsp3) is 0.160. The van der Waals surface area contributed by atoms with E-state index in [-0.39, 0.29) is 11.6 Å². The van der Waals surface area contributed by atoms with Crippen LogP contribution >= 0.6 is 0 Å². The molecule has 156 valence electrons. The Hall–Kier alpha value is -3.93. The van der Waals surface area contributed by atoms with Gasteiger partial charge in [0.15, 0.2) is 0 Å². The molecule has 0 fully saturated rings. The van der Waals surface area contributed by atoms with Crippen LogP contribution in [0, 0.1) is 6.92 Å². The van der Waals surface area contributed by atoms with E-state index in [1.165, 1.54) is 0 Å². The number of carbonyl (C=O) groups is 1. The van der Waals surface area contributed by atoms with Crippen LogP contribution in [0.1, 0.15) is 24.4 Å². The summed E-state index contributed by atoms with van der Waals surface area (Å²) in [5.74, 6) is 0.497. The molecule has 1 aromatic heterocycles. The molecule has 0 aliphatic rings. The molecule has 1 heterocycles. The number of nitrogens with zero attached hydrogens (tertiary/aromatic N) is 3. The molecular formula is C25H24N4O2. The number of rotatable bonds is 4. The second-order valence-electron chi connectivity index (χ2n) is 7.55. The van der Waals surface area contributed by atoms with Crippen LogP contribution in [-0.2, 0) is 0 Å². The number of anilines is 1. The van der Waals surface area contributed by atoms with Gasteiger partial charge in [0.1, 0.15) is 5.82 Å². The van der Waals surface area contributed by atoms with Crippen LogP contribution in [0.3, 0.4) is 0 Å². The van der Waals surface area contributed by atoms with Crippen LogP contribution < -0.4 is 10.9 Å². The van der Waals surface area contributed by atoms with Gasteiger partial charge < -0.3 is 10.2 Å². The zero-order valence-corrected chi connectivity index (χ0v) is 17.7. The number of benzene rings is 3. The molecule has 0 saturated carbocycles. The number of nitrogens with one attached hydrogen (secondary N) is 1. The van der Waals surface area contributed by atoms with Gasteiger partial charge in [0.25, 0.3) is 5.56 Å². The third-order valence-electron chi connectivity index (χ3n) is 5.39. The minimum atomic E-state index is -0.456. The van der Waals surface area contributed by atoms with Crippen molar-refractivity contribution in [3.05, 3.63) is 101 Å². The summed E-state index contributed by atoms with van der Waals surface area (Å²) in [4.78, 5) is 32.6. The van der Waals surface area contributed by atoms with Crippen molar-refractivity contribution in [1.82, 2.24) is 14.5 Å². The Morgan fingerprint density at radius 1 is 0.968 bits per heavy atom. The normalized spacial score (nSPS) is 11.8. The lowest BCUT2D eigenvalue weighted by molar-refractivity contribution is 0.205. The van der Waals surface area contributed by atoms with Gasteiger partial charge in [-0.15, -0.1) is 0 Å². The average molecular weight is 412 g/mol. The Morgan fingerprint density at radius 2 is 1.61 bits per heavy atom. The molecule has 3 aromatic carbocycles. The van der Waals surface area contributed by atoms with Crippen molar-refractivity contribution in [2.45, 2.75) is 19.9 Å². The number of para-hydroxylation sites is 2. The zero-order valence-electron chi connectivity index (χ0n) is 17.7. The highest BCUT2D eigenvalue weighted by Gasteiger charge is 2.24. The van der Waals surface area contributed by atoms with Crippen molar-refractivity contribution in [3.63, 3.8) is 0 Å². The summed E-state index contributed by atoms with van der Waals surface area (Å²) in [6.45, 7) is 3.86. The second kappa shape index (κ2) is 8.44. The highest BCUT2D eigenvalue weighted by molar-refractivity contribution is 5.89. The summed E-state index contributed by atoms with van der Waals surface area (Å²) in [6.07, 6.45) is 0. The average Bonchev–Trinajstić information content (AvgIpc) is 2.80. The maximum atomic E-state index is 13.4. The molecule has 0 saturated heterocycles. The van der Waals surface area contributed by atoms with Gasteiger partial charge in [-0.05, 0) is 50.2 Å². The minimum Gasteiger partial charge on any atom is -0.318 e. The smallest absolute Gasteiger partial charge is 0.318 e. The standard InChI is InChI=1S/C25H24N4O2/c1-17-13-15-19(16-14-17)26-25(31)28(3)18(2)23-27-22-12-8-7-11-21(22)24(30)29(23)20-9-5-4-6-10-20/h4-16,18H,1-3H3,(H,26,31). The molecule has 4 aromatic rings. The maximum absolute atomic E-state index is 13.4. The van der Waals surface area contributed by atoms with Crippen molar-refractivity contribution >= 4 is 22.6 Å². The highest BCUT2D eigenvalue weighted by Crippen LogP contribution is 2.22. The van der Waals surface area contributed by atoms with E-state index in [9.17, 15) is 9.59 Å². The number of hydrogen-bond donors (Lipinski definition) is 1. The van der Waals surface area contributed by atoms with Crippen molar-refractivity contribution < 1.29 is 4.79 Å². The molecule has 31 heavy (non-hydrogen) atoms. The van der Waals surface area contributed by atoms with E-state index in [2.05, 4.69) is 5.32 Å². The molecule has 6 nitrogen and oxygen atoms in total. The Balaban J connectivity index is 1.76. The maximum Gasteiger partial charge on any atom is 0.322 e. The summed E-state index contributed by atoms with van der Waals surface area (Å²) in [7, 11) is 1.70. The quantitative estimate of drug-likeness (QED) is 0.517. The molecule has 0 spiro atoms. The summed E-state index contributed by atoms with van der Waals surface area (Å²) in [6, 6.07) is 23.5. The molecule has 0 aliphatic heterocycles. The number of amides is 2. The first kappa shape index (κ1) is 20.3. The summed E-state index contributed by atoms with van der Waals surface area (Å²) < 4.78 is 1.59. The Labute approximate surface area is 180 Å². The monoisotopic (exact) mass is 412 g/mol. The summed E-state index contributed by atoms with van der Waals surface area (Å²) in [5, 5.41) is 3.44. The van der Waals surface area contributed by atoms with Gasteiger partial charge in [-0.1, -0.05) is 48.0 Å². The van der Waals surface area contributed by atoms with Crippen molar-refractivity contribution in [1.29, 1.82) is 0 Å². The van der Waals surface area contributed by atoms with Crippen LogP contribution in [0.15, 0.2) is 83.7 Å². The van der Waals surface area contributed by atoms with Crippen molar-refractivity contribution in [2.24, 2.45) is 0 Å². The number of aromatic nitrogens is 2. The molecule has 0 radical (unpaired) electrons. The summed E-state index contributed by atoms with van der Waals surface area (Å²) >= 11 is 0. The molecule has 6 heteroatoms. The van der Waals surface area contributed by atoms with E-state index in [0.717, 1.165) is 5.56 Å². The SMILES string of the molecule is Cc1ccc(NC(=O)N(C)C(C)c2nc3ccccc3c(=O)n2-c2ccccc2)cc1. The number of carbonyl (C=O) groups excluding carboxylic acids is 1. The van der Waals surface area contributed by atoms with Gasteiger partial charge >= 0.3 is 6.03 Å². The third kappa shape index (κ3) is 4.05. The van der Waals surface area contributed by atoms with Crippen LogP contribution in [0.2, 0.25) is 0 Å². The van der Waals surface area contributed by atoms with E-state index in [4.69, 9.17) is 4.98 Å². The van der Waals surface area contributed by atoms with Crippen LogP contribution in [0.4, 0.5) is 10.5 Å². The molecule has 4 rings (SSSR count). The highest BCUT2D eigenvalue weighted by atomic mass is 16.2. The van der Waals surface area contributed by atoms with Gasteiger partial charge in [-0.25, -0.2) is 9.78 Å². The number of urea groups is 1. The lowest BCUT2D eigenvalue weighted by Gasteiger charge is -2.27. The predicted molar refractivity (Wildman–Crippen MR) is 124 cm³/mol. The molecule has 1 unspecified atom stereocenters. The van der Waals surface area contributed by atoms with Crippen molar-refractivity contribution in [3.8, 4) is 5.69 Å². The van der Waals surface area contributed by atoms with E-state index < -0.39 is 6.04 Å². The van der Waals surface area contributed by atoms with Gasteiger partial charge in [0.05, 0.1) is 22.6 Å². The second-order valence-corrected chi connectivity index (χ2v) is 7.55. The van der Waals surface area contributed by atoms with Gasteiger partial charge in [-0.2, -0.15) is 0 Å². The zero-order chi connectivity index (χ0) is 22.0. The predicted octanol–water partition coefficient (Wildman–Crippen LogP) is 4.92. The molecule has 1 N–H and O–H groups in total. The molecule has 2 amide bonds. The van der Waals surface area contributed by atoms with Crippen molar-refractivity contribution in [2.75, 3.05) is 12.4 Å². The van der Waals surface area contributed by atoms with E-state index in [0.29, 0.717) is 28.1 Å². The van der Waals surface area contributed by atoms with Gasteiger partial charge in [-0.3, -0.25) is 9.36 Å². The first-order valence-corrected chi connectivity index (χ1v) is 10.1.